The van der Waals surface area contributed by atoms with Crippen LogP contribution in [0.25, 0.3) is 0 Å². The zero-order valence-corrected chi connectivity index (χ0v) is 13.8. The summed E-state index contributed by atoms with van der Waals surface area (Å²) in [5.74, 6) is 0. The van der Waals surface area contributed by atoms with Crippen molar-refractivity contribution >= 4 is 17.7 Å². The molecule has 2 aromatic rings. The average Bonchev–Trinajstić information content (AvgIpc) is 2.66. The Labute approximate surface area is 149 Å². The maximum Gasteiger partial charge on any atom is 0.274 e. The summed E-state index contributed by atoms with van der Waals surface area (Å²) in [5, 5.41) is 29.5. The van der Waals surface area contributed by atoms with Crippen molar-refractivity contribution in [2.75, 3.05) is 6.61 Å². The van der Waals surface area contributed by atoms with E-state index in [1.165, 1.54) is 18.2 Å². The Morgan fingerprint density at radius 3 is 1.88 bits per heavy atom. The van der Waals surface area contributed by atoms with E-state index >= 15 is 0 Å². The highest BCUT2D eigenvalue weighted by Crippen LogP contribution is 2.18. The summed E-state index contributed by atoms with van der Waals surface area (Å²) in [6.45, 7) is 0.150. The average molecular weight is 362 g/mol. The molecule has 9 nitrogen and oxygen atoms in total. The van der Waals surface area contributed by atoms with Crippen molar-refractivity contribution in [1.29, 1.82) is 0 Å². The second-order valence-corrected chi connectivity index (χ2v) is 4.94. The minimum atomic E-state index is -0.508. The monoisotopic (exact) mass is 362 g/mol. The van der Waals surface area contributed by atoms with Crippen LogP contribution in [0.2, 0.25) is 0 Å². The third-order valence-electron chi connectivity index (χ3n) is 3.18. The third-order valence-corrected chi connectivity index (χ3v) is 3.18. The number of aliphatic hydroxyl groups is 1. The van der Waals surface area contributed by atoms with Gasteiger partial charge in [-0.15, -0.1) is 0 Å². The van der Waals surface area contributed by atoms with Crippen LogP contribution in [-0.2, 0) is 22.7 Å². The van der Waals surface area contributed by atoms with Gasteiger partial charge >= 0.3 is 0 Å². The fraction of sp³-hybridized carbons (Fsp3) is 0.235. The smallest absolute Gasteiger partial charge is 0.274 e. The summed E-state index contributed by atoms with van der Waals surface area (Å²) < 4.78 is 5.12. The number of ether oxygens (including phenoxy) is 1. The van der Waals surface area contributed by atoms with Gasteiger partial charge in [-0.3, -0.25) is 20.2 Å². The van der Waals surface area contributed by atoms with Crippen molar-refractivity contribution in [2.45, 2.75) is 19.6 Å². The molecule has 0 atom stereocenters. The lowest BCUT2D eigenvalue weighted by atomic mass is 10.2. The number of hydrogen-bond acceptors (Lipinski definition) is 7. The van der Waals surface area contributed by atoms with E-state index in [1.807, 2.05) is 0 Å². The molecule has 0 aliphatic rings. The van der Waals surface area contributed by atoms with Gasteiger partial charge in [0, 0.05) is 18.6 Å². The number of para-hydroxylation sites is 2. The number of aldehydes is 1. The molecule has 0 aliphatic heterocycles. The SMILES string of the molecule is O=CCCOCc1ccccc1[N+](=O)[O-].O=[N+]([O-])c1ccccc1CO. The first-order valence-electron chi connectivity index (χ1n) is 7.58. The van der Waals surface area contributed by atoms with Gasteiger partial charge in [0.05, 0.1) is 40.8 Å². The van der Waals surface area contributed by atoms with Crippen LogP contribution in [0, 0.1) is 20.2 Å². The van der Waals surface area contributed by atoms with Gasteiger partial charge in [-0.25, -0.2) is 0 Å². The van der Waals surface area contributed by atoms with Gasteiger partial charge in [-0.2, -0.15) is 0 Å². The molecule has 0 amide bonds. The highest BCUT2D eigenvalue weighted by atomic mass is 16.6. The lowest BCUT2D eigenvalue weighted by Gasteiger charge is -2.02. The number of nitro groups is 2. The molecule has 1 N–H and O–H groups in total. The molecule has 0 aliphatic carbocycles. The van der Waals surface area contributed by atoms with Crippen molar-refractivity contribution < 1.29 is 24.5 Å². The Hall–Kier alpha value is -3.17. The Morgan fingerprint density at radius 2 is 1.42 bits per heavy atom. The topological polar surface area (TPSA) is 133 Å². The van der Waals surface area contributed by atoms with Crippen LogP contribution >= 0.6 is 0 Å². The van der Waals surface area contributed by atoms with Crippen molar-refractivity contribution in [3.8, 4) is 0 Å². The maximum absolute atomic E-state index is 10.6. The van der Waals surface area contributed by atoms with Gasteiger partial charge in [-0.1, -0.05) is 24.3 Å². The molecule has 0 unspecified atom stereocenters. The molecule has 0 aromatic heterocycles. The van der Waals surface area contributed by atoms with E-state index in [0.717, 1.165) is 6.29 Å². The van der Waals surface area contributed by atoms with Crippen molar-refractivity contribution in [3.05, 3.63) is 79.9 Å². The van der Waals surface area contributed by atoms with Crippen molar-refractivity contribution in [3.63, 3.8) is 0 Å². The van der Waals surface area contributed by atoms with Crippen molar-refractivity contribution in [2.24, 2.45) is 0 Å². The lowest BCUT2D eigenvalue weighted by Crippen LogP contribution is -1.99. The molecule has 0 spiro atoms. The predicted octanol–water partition coefficient (Wildman–Crippen LogP) is 2.79. The molecule has 26 heavy (non-hydrogen) atoms. The highest BCUT2D eigenvalue weighted by molar-refractivity contribution is 5.49. The number of rotatable bonds is 8. The van der Waals surface area contributed by atoms with Gasteiger partial charge in [-0.05, 0) is 12.1 Å². The number of carbonyl (C=O) groups excluding carboxylic acids is 1. The standard InChI is InChI=1S/C10H11NO4.C7H7NO3/c12-6-3-7-15-8-9-4-1-2-5-10(9)11(13)14;9-5-6-3-1-2-4-7(6)8(10)11/h1-2,4-6H,3,7-8H2;1-4,9H,5H2. The summed E-state index contributed by atoms with van der Waals surface area (Å²) in [6.07, 6.45) is 1.06. The fourth-order valence-corrected chi connectivity index (χ4v) is 1.95. The molecular formula is C17H18N2O7. The van der Waals surface area contributed by atoms with Crippen LogP contribution in [0.4, 0.5) is 11.4 Å². The van der Waals surface area contributed by atoms with E-state index in [0.29, 0.717) is 17.5 Å². The molecule has 0 saturated heterocycles. The molecule has 0 radical (unpaired) electrons. The van der Waals surface area contributed by atoms with E-state index in [4.69, 9.17) is 9.84 Å². The Morgan fingerprint density at radius 1 is 0.923 bits per heavy atom. The maximum atomic E-state index is 10.6. The zero-order valence-electron chi connectivity index (χ0n) is 13.8. The summed E-state index contributed by atoms with van der Waals surface area (Å²) >= 11 is 0. The molecule has 2 aromatic carbocycles. The lowest BCUT2D eigenvalue weighted by molar-refractivity contribution is -0.386. The molecular weight excluding hydrogens is 344 g/mol. The van der Waals surface area contributed by atoms with Gasteiger partial charge in [0.15, 0.2) is 0 Å². The summed E-state index contributed by atoms with van der Waals surface area (Å²) in [5.41, 5.74) is 0.879. The third kappa shape index (κ3) is 6.75. The number of nitrogens with zero attached hydrogens (tertiary/aromatic N) is 2. The number of benzene rings is 2. The number of carbonyl (C=O) groups is 1. The van der Waals surface area contributed by atoms with E-state index in [1.54, 1.807) is 30.3 Å². The molecule has 2 rings (SSSR count). The summed E-state index contributed by atoms with van der Waals surface area (Å²) in [6, 6.07) is 12.5. The molecule has 0 bridgehead atoms. The molecule has 0 heterocycles. The van der Waals surface area contributed by atoms with E-state index in [2.05, 4.69) is 0 Å². The van der Waals surface area contributed by atoms with E-state index < -0.39 is 9.85 Å². The first-order chi connectivity index (χ1) is 12.5. The first-order valence-corrected chi connectivity index (χ1v) is 7.58. The van der Waals surface area contributed by atoms with Gasteiger partial charge in [0.2, 0.25) is 0 Å². The number of aliphatic hydroxyl groups excluding tert-OH is 1. The Kier molecular flexibility index (Phi) is 9.15. The first kappa shape index (κ1) is 20.9. The normalized spacial score (nSPS) is 9.73. The Bertz CT molecular complexity index is 749. The van der Waals surface area contributed by atoms with Gasteiger partial charge in [0.1, 0.15) is 6.29 Å². The zero-order chi connectivity index (χ0) is 19.4. The van der Waals surface area contributed by atoms with Gasteiger partial charge < -0.3 is 14.6 Å². The Balaban J connectivity index is 0.000000273. The van der Waals surface area contributed by atoms with Crippen LogP contribution < -0.4 is 0 Å². The minimum absolute atomic E-state index is 0.0324. The van der Waals surface area contributed by atoms with Crippen LogP contribution in [0.15, 0.2) is 48.5 Å². The second-order valence-electron chi connectivity index (χ2n) is 4.94. The quantitative estimate of drug-likeness (QED) is 0.330. The van der Waals surface area contributed by atoms with E-state index in [-0.39, 0.29) is 31.2 Å². The van der Waals surface area contributed by atoms with E-state index in [9.17, 15) is 25.0 Å². The van der Waals surface area contributed by atoms with Crippen LogP contribution in [0.5, 0.6) is 0 Å². The van der Waals surface area contributed by atoms with Crippen molar-refractivity contribution in [1.82, 2.24) is 0 Å². The number of hydrogen-bond donors (Lipinski definition) is 1. The fourth-order valence-electron chi connectivity index (χ4n) is 1.95. The summed E-state index contributed by atoms with van der Waals surface area (Å²) in [4.78, 5) is 29.9. The van der Waals surface area contributed by atoms with Crippen LogP contribution in [0.3, 0.4) is 0 Å². The molecule has 0 fully saturated rings. The highest BCUT2D eigenvalue weighted by Gasteiger charge is 2.11. The molecule has 0 saturated carbocycles. The minimum Gasteiger partial charge on any atom is -0.391 e. The summed E-state index contributed by atoms with van der Waals surface area (Å²) in [7, 11) is 0. The molecule has 138 valence electrons. The number of nitro benzene ring substituents is 2. The largest absolute Gasteiger partial charge is 0.391 e. The molecule has 9 heteroatoms. The van der Waals surface area contributed by atoms with Crippen LogP contribution in [0.1, 0.15) is 17.5 Å². The van der Waals surface area contributed by atoms with Gasteiger partial charge in [0.25, 0.3) is 11.4 Å². The van der Waals surface area contributed by atoms with Crippen LogP contribution in [-0.4, -0.2) is 27.8 Å². The second kappa shape index (κ2) is 11.4. The predicted molar refractivity (Wildman–Crippen MR) is 92.5 cm³/mol.